The van der Waals surface area contributed by atoms with E-state index in [4.69, 9.17) is 14.4 Å². The summed E-state index contributed by atoms with van der Waals surface area (Å²) in [7, 11) is 0. The van der Waals surface area contributed by atoms with Gasteiger partial charge in [-0.25, -0.2) is 4.79 Å². The highest BCUT2D eigenvalue weighted by Crippen LogP contribution is 2.13. The van der Waals surface area contributed by atoms with Crippen LogP contribution in [0.1, 0.15) is 29.0 Å². The minimum atomic E-state index is -0.965. The van der Waals surface area contributed by atoms with Gasteiger partial charge in [-0.3, -0.25) is 0 Å². The van der Waals surface area contributed by atoms with Gasteiger partial charge >= 0.3 is 5.97 Å². The van der Waals surface area contributed by atoms with Crippen molar-refractivity contribution >= 4 is 5.97 Å². The quantitative estimate of drug-likeness (QED) is 0.869. The first kappa shape index (κ1) is 12.1. The number of rotatable bonds is 5. The van der Waals surface area contributed by atoms with Crippen molar-refractivity contribution in [1.82, 2.24) is 10.1 Å². The number of aromatic nitrogens is 2. The summed E-state index contributed by atoms with van der Waals surface area (Å²) in [5.74, 6) is 0.624. The van der Waals surface area contributed by atoms with E-state index in [0.717, 1.165) is 0 Å². The molecule has 0 aliphatic heterocycles. The molecule has 0 spiro atoms. The van der Waals surface area contributed by atoms with Gasteiger partial charge < -0.3 is 14.4 Å². The molecule has 1 aromatic carbocycles. The summed E-state index contributed by atoms with van der Waals surface area (Å²) in [5.41, 5.74) is 0.218. The van der Waals surface area contributed by atoms with E-state index < -0.39 is 5.97 Å². The van der Waals surface area contributed by atoms with Crippen LogP contribution in [0.25, 0.3) is 0 Å². The molecule has 0 radical (unpaired) electrons. The molecular formula is C12H12N2O4. The SMILES string of the molecule is CCc1nc(COc2ccc(C(=O)O)cc2)no1. The Labute approximate surface area is 103 Å². The molecule has 0 aliphatic carbocycles. The minimum absolute atomic E-state index is 0.190. The van der Waals surface area contributed by atoms with Crippen LogP contribution in [0.2, 0.25) is 0 Å². The topological polar surface area (TPSA) is 85.5 Å². The number of benzene rings is 1. The fourth-order valence-electron chi connectivity index (χ4n) is 1.33. The van der Waals surface area contributed by atoms with E-state index in [1.54, 1.807) is 12.1 Å². The molecule has 1 heterocycles. The van der Waals surface area contributed by atoms with Crippen LogP contribution in [0.5, 0.6) is 5.75 Å². The van der Waals surface area contributed by atoms with Crippen molar-refractivity contribution in [2.75, 3.05) is 0 Å². The third-order valence-corrected chi connectivity index (χ3v) is 2.28. The molecule has 0 saturated heterocycles. The molecule has 1 N–H and O–H groups in total. The monoisotopic (exact) mass is 248 g/mol. The Balaban J connectivity index is 1.95. The summed E-state index contributed by atoms with van der Waals surface area (Å²) in [6.45, 7) is 2.11. The Bertz CT molecular complexity index is 533. The number of ether oxygens (including phenoxy) is 1. The average Bonchev–Trinajstić information content (AvgIpc) is 2.85. The number of nitrogens with zero attached hydrogens (tertiary/aromatic N) is 2. The lowest BCUT2D eigenvalue weighted by Crippen LogP contribution is -1.99. The molecule has 18 heavy (non-hydrogen) atoms. The molecule has 6 heteroatoms. The van der Waals surface area contributed by atoms with E-state index in [2.05, 4.69) is 10.1 Å². The highest BCUT2D eigenvalue weighted by Gasteiger charge is 2.06. The smallest absolute Gasteiger partial charge is 0.335 e. The molecule has 94 valence electrons. The van der Waals surface area contributed by atoms with E-state index in [0.29, 0.717) is 23.9 Å². The molecular weight excluding hydrogens is 236 g/mol. The van der Waals surface area contributed by atoms with Gasteiger partial charge in [-0.15, -0.1) is 0 Å². The van der Waals surface area contributed by atoms with Crippen LogP contribution in [0.4, 0.5) is 0 Å². The van der Waals surface area contributed by atoms with Crippen LogP contribution in [0.3, 0.4) is 0 Å². The summed E-state index contributed by atoms with van der Waals surface area (Å²) in [6.07, 6.45) is 0.681. The van der Waals surface area contributed by atoms with E-state index in [-0.39, 0.29) is 12.2 Å². The molecule has 0 saturated carbocycles. The predicted molar refractivity (Wildman–Crippen MR) is 61.4 cm³/mol. The molecule has 2 aromatic rings. The van der Waals surface area contributed by atoms with Crippen LogP contribution in [0.15, 0.2) is 28.8 Å². The molecule has 0 amide bonds. The molecule has 0 bridgehead atoms. The number of hydrogen-bond donors (Lipinski definition) is 1. The zero-order chi connectivity index (χ0) is 13.0. The number of carbonyl (C=O) groups is 1. The summed E-state index contributed by atoms with van der Waals surface area (Å²) in [6, 6.07) is 6.13. The fourth-order valence-corrected chi connectivity index (χ4v) is 1.33. The standard InChI is InChI=1S/C12H12N2O4/c1-2-11-13-10(14-18-11)7-17-9-5-3-8(4-6-9)12(15)16/h3-6H,2,7H2,1H3,(H,15,16). The summed E-state index contributed by atoms with van der Waals surface area (Å²) in [4.78, 5) is 14.7. The fraction of sp³-hybridized carbons (Fsp3) is 0.250. The van der Waals surface area contributed by atoms with Crippen molar-refractivity contribution in [3.63, 3.8) is 0 Å². The van der Waals surface area contributed by atoms with Gasteiger partial charge in [-0.2, -0.15) is 4.98 Å². The van der Waals surface area contributed by atoms with Crippen LogP contribution in [-0.4, -0.2) is 21.2 Å². The van der Waals surface area contributed by atoms with Gasteiger partial charge in [0.15, 0.2) is 6.61 Å². The predicted octanol–water partition coefficient (Wildman–Crippen LogP) is 1.91. The lowest BCUT2D eigenvalue weighted by Gasteiger charge is -2.03. The molecule has 2 rings (SSSR count). The first-order chi connectivity index (χ1) is 8.69. The second-order valence-corrected chi connectivity index (χ2v) is 3.58. The Morgan fingerprint density at radius 2 is 2.11 bits per heavy atom. The van der Waals surface area contributed by atoms with Crippen molar-refractivity contribution < 1.29 is 19.2 Å². The summed E-state index contributed by atoms with van der Waals surface area (Å²) >= 11 is 0. The van der Waals surface area contributed by atoms with Crippen LogP contribution >= 0.6 is 0 Å². The first-order valence-corrected chi connectivity index (χ1v) is 5.46. The number of carboxylic acid groups (broad SMARTS) is 1. The van der Waals surface area contributed by atoms with Crippen LogP contribution in [0, 0.1) is 0 Å². The molecule has 0 unspecified atom stereocenters. The Morgan fingerprint density at radius 3 is 2.67 bits per heavy atom. The second-order valence-electron chi connectivity index (χ2n) is 3.58. The van der Waals surface area contributed by atoms with E-state index in [9.17, 15) is 4.79 Å². The molecule has 0 aliphatic rings. The summed E-state index contributed by atoms with van der Waals surface area (Å²) < 4.78 is 10.3. The van der Waals surface area contributed by atoms with Gasteiger partial charge in [0.1, 0.15) is 5.75 Å². The Morgan fingerprint density at radius 1 is 1.39 bits per heavy atom. The zero-order valence-electron chi connectivity index (χ0n) is 9.79. The largest absolute Gasteiger partial charge is 0.485 e. The van der Waals surface area contributed by atoms with E-state index >= 15 is 0 Å². The molecule has 1 aromatic heterocycles. The van der Waals surface area contributed by atoms with Crippen molar-refractivity contribution in [2.24, 2.45) is 0 Å². The van der Waals surface area contributed by atoms with Gasteiger partial charge in [-0.1, -0.05) is 12.1 Å². The van der Waals surface area contributed by atoms with Crippen molar-refractivity contribution in [3.8, 4) is 5.75 Å². The van der Waals surface area contributed by atoms with Gasteiger partial charge in [0.25, 0.3) is 0 Å². The van der Waals surface area contributed by atoms with Gasteiger partial charge in [0.2, 0.25) is 11.7 Å². The highest BCUT2D eigenvalue weighted by molar-refractivity contribution is 5.87. The van der Waals surface area contributed by atoms with Gasteiger partial charge in [0.05, 0.1) is 5.56 Å². The van der Waals surface area contributed by atoms with Crippen molar-refractivity contribution in [3.05, 3.63) is 41.5 Å². The molecule has 6 nitrogen and oxygen atoms in total. The van der Waals surface area contributed by atoms with Gasteiger partial charge in [0, 0.05) is 6.42 Å². The Kier molecular flexibility index (Phi) is 3.57. The van der Waals surface area contributed by atoms with Crippen molar-refractivity contribution in [1.29, 1.82) is 0 Å². The number of aromatic carboxylic acids is 1. The Hall–Kier alpha value is -2.37. The second kappa shape index (κ2) is 5.31. The maximum absolute atomic E-state index is 10.7. The van der Waals surface area contributed by atoms with Gasteiger partial charge in [-0.05, 0) is 24.3 Å². The van der Waals surface area contributed by atoms with E-state index in [1.807, 2.05) is 6.92 Å². The van der Waals surface area contributed by atoms with Crippen molar-refractivity contribution in [2.45, 2.75) is 20.0 Å². The maximum Gasteiger partial charge on any atom is 0.335 e. The third-order valence-electron chi connectivity index (χ3n) is 2.28. The normalized spacial score (nSPS) is 10.3. The maximum atomic E-state index is 10.7. The van der Waals surface area contributed by atoms with Crippen LogP contribution < -0.4 is 4.74 Å². The first-order valence-electron chi connectivity index (χ1n) is 5.46. The zero-order valence-corrected chi connectivity index (χ0v) is 9.79. The number of hydrogen-bond acceptors (Lipinski definition) is 5. The lowest BCUT2D eigenvalue weighted by molar-refractivity contribution is 0.0697. The summed E-state index contributed by atoms with van der Waals surface area (Å²) in [5, 5.41) is 12.5. The van der Waals surface area contributed by atoms with Crippen LogP contribution in [-0.2, 0) is 13.0 Å². The molecule has 0 atom stereocenters. The minimum Gasteiger partial charge on any atom is -0.485 e. The molecule has 0 fully saturated rings. The van der Waals surface area contributed by atoms with E-state index in [1.165, 1.54) is 12.1 Å². The lowest BCUT2D eigenvalue weighted by atomic mass is 10.2. The number of carboxylic acids is 1. The average molecular weight is 248 g/mol. The number of aryl methyl sites for hydroxylation is 1. The highest BCUT2D eigenvalue weighted by atomic mass is 16.5. The third kappa shape index (κ3) is 2.85.